The predicted octanol–water partition coefficient (Wildman–Crippen LogP) is 1.89. The maximum absolute atomic E-state index is 12.9. The highest BCUT2D eigenvalue weighted by molar-refractivity contribution is 7.91. The molecule has 0 spiro atoms. The Kier molecular flexibility index (Phi) is 4.20. The molecule has 0 fully saturated rings. The van der Waals surface area contributed by atoms with E-state index in [1.54, 1.807) is 12.1 Å². The van der Waals surface area contributed by atoms with Crippen molar-refractivity contribution in [2.45, 2.75) is 17.1 Å². The van der Waals surface area contributed by atoms with Crippen molar-refractivity contribution in [1.82, 2.24) is 0 Å². The summed E-state index contributed by atoms with van der Waals surface area (Å²) in [5.41, 5.74) is 5.51. The molecule has 0 aliphatic carbocycles. The van der Waals surface area contributed by atoms with Gasteiger partial charge in [0, 0.05) is 0 Å². The fraction of sp³-hybridized carbons (Fsp3) is 0.200. The maximum atomic E-state index is 12.9. The summed E-state index contributed by atoms with van der Waals surface area (Å²) in [5, 5.41) is -0.714. The fourth-order valence-electron chi connectivity index (χ4n) is 2.07. The van der Waals surface area contributed by atoms with E-state index in [-0.39, 0.29) is 11.4 Å². The van der Waals surface area contributed by atoms with Gasteiger partial charge in [-0.05, 0) is 36.8 Å². The number of aryl methyl sites for hydroxylation is 1. The molecule has 5 heteroatoms. The normalized spacial score (nSPS) is 13.2. The van der Waals surface area contributed by atoms with Gasteiger partial charge < -0.3 is 5.73 Å². The van der Waals surface area contributed by atoms with Crippen molar-refractivity contribution in [3.8, 4) is 0 Å². The molecule has 0 unspecified atom stereocenters. The number of hydrogen-bond donors (Lipinski definition) is 1. The minimum absolute atomic E-state index is 0.119. The summed E-state index contributed by atoms with van der Waals surface area (Å²) >= 11 is 0. The molecule has 20 heavy (non-hydrogen) atoms. The lowest BCUT2D eigenvalue weighted by molar-refractivity contribution is -0.367. The van der Waals surface area contributed by atoms with E-state index in [4.69, 9.17) is 0 Å². The van der Waals surface area contributed by atoms with Crippen molar-refractivity contribution in [3.05, 3.63) is 65.5 Å². The number of benzene rings is 2. The first-order valence-corrected chi connectivity index (χ1v) is 7.85. The zero-order valence-corrected chi connectivity index (χ0v) is 12.0. The van der Waals surface area contributed by atoms with Crippen LogP contribution in [0.1, 0.15) is 16.4 Å². The molecule has 0 aromatic heterocycles. The van der Waals surface area contributed by atoms with Crippen LogP contribution >= 0.6 is 0 Å². The van der Waals surface area contributed by atoms with Crippen LogP contribution in [0.15, 0.2) is 53.4 Å². The minimum Gasteiger partial charge on any atom is -0.356 e. The summed E-state index contributed by atoms with van der Waals surface area (Å²) in [6.07, 6.45) is 0. The highest BCUT2D eigenvalue weighted by atomic mass is 32.2. The van der Waals surface area contributed by atoms with Crippen molar-refractivity contribution in [2.24, 2.45) is 0 Å². The molecule has 3 N–H and O–H groups in total. The lowest BCUT2D eigenvalue weighted by Gasteiger charge is -2.15. The largest absolute Gasteiger partial charge is 0.356 e. The highest BCUT2D eigenvalue weighted by Crippen LogP contribution is 2.28. The lowest BCUT2D eigenvalue weighted by atomic mass is 10.1. The van der Waals surface area contributed by atoms with Crippen LogP contribution in [0.2, 0.25) is 0 Å². The summed E-state index contributed by atoms with van der Waals surface area (Å²) < 4.78 is 38.1. The monoisotopic (exact) mass is 294 g/mol. The van der Waals surface area contributed by atoms with Crippen molar-refractivity contribution >= 4 is 9.84 Å². The quantitative estimate of drug-likeness (QED) is 0.875. The first-order chi connectivity index (χ1) is 9.45. The molecular weight excluding hydrogens is 277 g/mol. The zero-order valence-electron chi connectivity index (χ0n) is 11.2. The first kappa shape index (κ1) is 14.7. The Morgan fingerprint density at radius 1 is 1.05 bits per heavy atom. The highest BCUT2D eigenvalue weighted by Gasteiger charge is 2.29. The molecule has 0 radical (unpaired) electrons. The topological polar surface area (TPSA) is 61.8 Å². The van der Waals surface area contributed by atoms with Crippen LogP contribution in [0.25, 0.3) is 0 Å². The average Bonchev–Trinajstić information content (AvgIpc) is 2.42. The van der Waals surface area contributed by atoms with E-state index in [2.05, 4.69) is 5.73 Å². The molecule has 0 bridgehead atoms. The van der Waals surface area contributed by atoms with Crippen LogP contribution in [0, 0.1) is 12.7 Å². The molecule has 2 rings (SSSR count). The first-order valence-electron chi connectivity index (χ1n) is 6.30. The second-order valence-electron chi connectivity index (χ2n) is 4.69. The molecule has 1 atom stereocenters. The number of rotatable bonds is 4. The average molecular weight is 294 g/mol. The summed E-state index contributed by atoms with van der Waals surface area (Å²) in [7, 11) is -3.56. The maximum Gasteiger partial charge on any atom is 0.190 e. The smallest absolute Gasteiger partial charge is 0.190 e. The van der Waals surface area contributed by atoms with E-state index in [0.717, 1.165) is 17.7 Å². The third kappa shape index (κ3) is 2.89. The standard InChI is InChI=1S/C15H16FNO2S/c1-11-2-4-12(5-3-11)15(10-17)20(18,19)14-8-6-13(16)7-9-14/h2-9,15H,10,17H2,1H3/p+1/t15-/m1/s1. The zero-order chi connectivity index (χ0) is 14.8. The molecule has 0 aliphatic heterocycles. The third-order valence-electron chi connectivity index (χ3n) is 3.23. The summed E-state index contributed by atoms with van der Waals surface area (Å²) in [6.45, 7) is 2.17. The van der Waals surface area contributed by atoms with Crippen LogP contribution < -0.4 is 5.73 Å². The second-order valence-corrected chi connectivity index (χ2v) is 6.82. The van der Waals surface area contributed by atoms with Gasteiger partial charge in [-0.25, -0.2) is 12.8 Å². The van der Waals surface area contributed by atoms with E-state index >= 15 is 0 Å². The van der Waals surface area contributed by atoms with Gasteiger partial charge in [0.15, 0.2) is 9.84 Å². The van der Waals surface area contributed by atoms with E-state index < -0.39 is 20.9 Å². The van der Waals surface area contributed by atoms with E-state index in [9.17, 15) is 12.8 Å². The third-order valence-corrected chi connectivity index (χ3v) is 5.41. The van der Waals surface area contributed by atoms with Crippen molar-refractivity contribution < 1.29 is 18.5 Å². The van der Waals surface area contributed by atoms with Gasteiger partial charge in [0.2, 0.25) is 0 Å². The Labute approximate surface area is 118 Å². The summed E-state index contributed by atoms with van der Waals surface area (Å²) in [6, 6.07) is 12.2. The van der Waals surface area contributed by atoms with Gasteiger partial charge >= 0.3 is 0 Å². The fourth-order valence-corrected chi connectivity index (χ4v) is 3.74. The van der Waals surface area contributed by atoms with Crippen LogP contribution in [0.3, 0.4) is 0 Å². The number of quaternary nitrogens is 1. The van der Waals surface area contributed by atoms with Gasteiger partial charge in [0.25, 0.3) is 0 Å². The molecule has 0 heterocycles. The van der Waals surface area contributed by atoms with Crippen molar-refractivity contribution in [1.29, 1.82) is 0 Å². The van der Waals surface area contributed by atoms with E-state index in [0.29, 0.717) is 5.56 Å². The van der Waals surface area contributed by atoms with E-state index in [1.807, 2.05) is 19.1 Å². The molecule has 0 saturated carbocycles. The van der Waals surface area contributed by atoms with Crippen LogP contribution in [0.4, 0.5) is 4.39 Å². The summed E-state index contributed by atoms with van der Waals surface area (Å²) in [4.78, 5) is 0.119. The molecule has 0 saturated heterocycles. The lowest BCUT2D eigenvalue weighted by Crippen LogP contribution is -2.54. The Morgan fingerprint density at radius 2 is 1.60 bits per heavy atom. The molecule has 2 aromatic rings. The number of sulfone groups is 1. The van der Waals surface area contributed by atoms with Crippen molar-refractivity contribution in [3.63, 3.8) is 0 Å². The molecule has 0 aliphatic rings. The molecular formula is C15H17FNO2S+. The number of halogens is 1. The molecule has 3 nitrogen and oxygen atoms in total. The molecule has 0 amide bonds. The van der Waals surface area contributed by atoms with Crippen LogP contribution in [-0.4, -0.2) is 15.0 Å². The van der Waals surface area contributed by atoms with Gasteiger partial charge in [-0.3, -0.25) is 0 Å². The SMILES string of the molecule is Cc1ccc([C@@H](C[NH3+])S(=O)(=O)c2ccc(F)cc2)cc1. The number of hydrogen-bond acceptors (Lipinski definition) is 2. The Bertz CT molecular complexity index is 679. The van der Waals surface area contributed by atoms with Gasteiger partial charge in [0.05, 0.1) is 11.4 Å². The second kappa shape index (κ2) is 5.73. The van der Waals surface area contributed by atoms with Crippen LogP contribution in [-0.2, 0) is 9.84 Å². The summed E-state index contributed by atoms with van der Waals surface area (Å²) in [5.74, 6) is -0.453. The predicted molar refractivity (Wildman–Crippen MR) is 75.3 cm³/mol. The Balaban J connectivity index is 2.44. The van der Waals surface area contributed by atoms with Gasteiger partial charge in [-0.15, -0.1) is 0 Å². The van der Waals surface area contributed by atoms with Gasteiger partial charge in [-0.1, -0.05) is 29.8 Å². The Hall–Kier alpha value is -1.72. The molecule has 106 valence electrons. The Morgan fingerprint density at radius 3 is 2.10 bits per heavy atom. The van der Waals surface area contributed by atoms with E-state index in [1.165, 1.54) is 12.1 Å². The molecule has 2 aromatic carbocycles. The van der Waals surface area contributed by atoms with Crippen LogP contribution in [0.5, 0.6) is 0 Å². The minimum atomic E-state index is -3.56. The van der Waals surface area contributed by atoms with Gasteiger partial charge in [-0.2, -0.15) is 0 Å². The van der Waals surface area contributed by atoms with Gasteiger partial charge in [0.1, 0.15) is 11.1 Å². The van der Waals surface area contributed by atoms with Crippen molar-refractivity contribution in [2.75, 3.05) is 6.54 Å².